The van der Waals surface area contributed by atoms with Gasteiger partial charge in [-0.05, 0) is 24.3 Å². The van der Waals surface area contributed by atoms with Crippen LogP contribution in [0.2, 0.25) is 0 Å². The van der Waals surface area contributed by atoms with Crippen molar-refractivity contribution in [1.82, 2.24) is 4.98 Å². The predicted molar refractivity (Wildman–Crippen MR) is 84.4 cm³/mol. The molecule has 1 aliphatic rings. The Morgan fingerprint density at radius 1 is 1.13 bits per heavy atom. The number of anilines is 1. The van der Waals surface area contributed by atoms with Gasteiger partial charge in [0.05, 0.1) is 5.52 Å². The van der Waals surface area contributed by atoms with Crippen LogP contribution >= 0.6 is 0 Å². The number of nitrogens with one attached hydrogen (secondary N) is 1. The Bertz CT molecular complexity index is 941. The van der Waals surface area contributed by atoms with Crippen LogP contribution < -0.4 is 5.32 Å². The SMILES string of the molecule is O=C1Nc2ccccc2C1(O)Cc1ccc2ccc(F)cc2n1. The molecule has 0 saturated heterocycles. The van der Waals surface area contributed by atoms with Gasteiger partial charge < -0.3 is 10.4 Å². The molecule has 114 valence electrons. The monoisotopic (exact) mass is 308 g/mol. The molecule has 1 amide bonds. The van der Waals surface area contributed by atoms with E-state index < -0.39 is 11.5 Å². The first-order valence-electron chi connectivity index (χ1n) is 7.25. The molecular formula is C18H13FN2O2. The molecule has 0 fully saturated rings. The first-order chi connectivity index (χ1) is 11.1. The minimum atomic E-state index is -1.66. The molecule has 0 aliphatic carbocycles. The molecule has 0 spiro atoms. The summed E-state index contributed by atoms with van der Waals surface area (Å²) in [7, 11) is 0. The number of nitrogens with zero attached hydrogens (tertiary/aromatic N) is 1. The van der Waals surface area contributed by atoms with E-state index in [1.807, 2.05) is 0 Å². The topological polar surface area (TPSA) is 62.2 Å². The Balaban J connectivity index is 1.76. The van der Waals surface area contributed by atoms with E-state index in [2.05, 4.69) is 10.3 Å². The van der Waals surface area contributed by atoms with Gasteiger partial charge in [-0.25, -0.2) is 4.39 Å². The molecular weight excluding hydrogens is 295 g/mol. The molecule has 1 unspecified atom stereocenters. The summed E-state index contributed by atoms with van der Waals surface area (Å²) in [6, 6.07) is 14.9. The average Bonchev–Trinajstić information content (AvgIpc) is 2.78. The smallest absolute Gasteiger partial charge is 0.261 e. The van der Waals surface area contributed by atoms with Crippen molar-refractivity contribution in [3.05, 3.63) is 71.7 Å². The molecule has 4 rings (SSSR count). The van der Waals surface area contributed by atoms with Crippen LogP contribution in [0, 0.1) is 5.82 Å². The van der Waals surface area contributed by atoms with Crippen molar-refractivity contribution < 1.29 is 14.3 Å². The Hall–Kier alpha value is -2.79. The van der Waals surface area contributed by atoms with Gasteiger partial charge in [0.2, 0.25) is 0 Å². The number of amides is 1. The van der Waals surface area contributed by atoms with Crippen LogP contribution in [-0.4, -0.2) is 16.0 Å². The van der Waals surface area contributed by atoms with Gasteiger partial charge >= 0.3 is 0 Å². The molecule has 1 atom stereocenters. The molecule has 2 aromatic carbocycles. The van der Waals surface area contributed by atoms with Gasteiger partial charge in [0.15, 0.2) is 5.60 Å². The highest BCUT2D eigenvalue weighted by Gasteiger charge is 2.45. The number of para-hydroxylation sites is 1. The maximum absolute atomic E-state index is 13.4. The summed E-state index contributed by atoms with van der Waals surface area (Å²) in [4.78, 5) is 16.6. The van der Waals surface area contributed by atoms with Gasteiger partial charge in [-0.15, -0.1) is 0 Å². The van der Waals surface area contributed by atoms with E-state index in [-0.39, 0.29) is 12.2 Å². The van der Waals surface area contributed by atoms with Crippen LogP contribution in [0.1, 0.15) is 11.3 Å². The predicted octanol–water partition coefficient (Wildman–Crippen LogP) is 2.76. The Kier molecular flexibility index (Phi) is 2.92. The van der Waals surface area contributed by atoms with Crippen molar-refractivity contribution >= 4 is 22.5 Å². The van der Waals surface area contributed by atoms with Crippen molar-refractivity contribution in [3.63, 3.8) is 0 Å². The van der Waals surface area contributed by atoms with Crippen molar-refractivity contribution in [2.24, 2.45) is 0 Å². The molecule has 5 heteroatoms. The summed E-state index contributed by atoms with van der Waals surface area (Å²) in [5, 5.41) is 14.3. The highest BCUT2D eigenvalue weighted by atomic mass is 19.1. The van der Waals surface area contributed by atoms with E-state index in [1.165, 1.54) is 12.1 Å². The maximum atomic E-state index is 13.4. The zero-order valence-corrected chi connectivity index (χ0v) is 12.1. The molecule has 2 heterocycles. The fourth-order valence-electron chi connectivity index (χ4n) is 2.97. The largest absolute Gasteiger partial charge is 0.375 e. The van der Waals surface area contributed by atoms with Crippen molar-refractivity contribution in [2.75, 3.05) is 5.32 Å². The number of fused-ring (bicyclic) bond motifs is 2. The highest BCUT2D eigenvalue weighted by molar-refractivity contribution is 6.05. The first-order valence-corrected chi connectivity index (χ1v) is 7.25. The molecule has 2 N–H and O–H groups in total. The molecule has 0 bridgehead atoms. The quantitative estimate of drug-likeness (QED) is 0.765. The number of rotatable bonds is 2. The van der Waals surface area contributed by atoms with Gasteiger partial charge in [-0.1, -0.05) is 24.3 Å². The van der Waals surface area contributed by atoms with Crippen LogP contribution in [0.25, 0.3) is 10.9 Å². The number of halogens is 1. The second kappa shape index (κ2) is 4.86. The number of pyridine rings is 1. The molecule has 1 aliphatic heterocycles. The second-order valence-electron chi connectivity index (χ2n) is 5.68. The molecule has 3 aromatic rings. The van der Waals surface area contributed by atoms with Gasteiger partial charge in [-0.2, -0.15) is 0 Å². The van der Waals surface area contributed by atoms with Crippen LogP contribution in [-0.2, 0) is 16.8 Å². The zero-order chi connectivity index (χ0) is 16.0. The lowest BCUT2D eigenvalue weighted by Gasteiger charge is -2.20. The number of carbonyl (C=O) groups is 1. The zero-order valence-electron chi connectivity index (χ0n) is 12.1. The minimum absolute atomic E-state index is 0.0301. The van der Waals surface area contributed by atoms with Gasteiger partial charge in [-0.3, -0.25) is 9.78 Å². The van der Waals surface area contributed by atoms with Crippen LogP contribution in [0.15, 0.2) is 54.6 Å². The summed E-state index contributed by atoms with van der Waals surface area (Å²) < 4.78 is 13.4. The molecule has 0 radical (unpaired) electrons. The van der Waals surface area contributed by atoms with Crippen LogP contribution in [0.3, 0.4) is 0 Å². The van der Waals surface area contributed by atoms with Gasteiger partial charge in [0.25, 0.3) is 5.91 Å². The number of carbonyl (C=O) groups excluding carboxylic acids is 1. The molecule has 0 saturated carbocycles. The average molecular weight is 308 g/mol. The molecule has 4 nitrogen and oxygen atoms in total. The van der Waals surface area contributed by atoms with E-state index in [0.29, 0.717) is 22.5 Å². The Labute approximate surface area is 131 Å². The number of aromatic nitrogens is 1. The van der Waals surface area contributed by atoms with E-state index in [1.54, 1.807) is 42.5 Å². The summed E-state index contributed by atoms with van der Waals surface area (Å²) in [6.07, 6.45) is 0.0301. The van der Waals surface area contributed by atoms with Gasteiger partial charge in [0, 0.05) is 34.8 Å². The molecule has 1 aromatic heterocycles. The Morgan fingerprint density at radius 2 is 1.91 bits per heavy atom. The second-order valence-corrected chi connectivity index (χ2v) is 5.68. The lowest BCUT2D eigenvalue weighted by atomic mass is 9.90. The van der Waals surface area contributed by atoms with Crippen LogP contribution in [0.5, 0.6) is 0 Å². The van der Waals surface area contributed by atoms with Crippen molar-refractivity contribution in [2.45, 2.75) is 12.0 Å². The van der Waals surface area contributed by atoms with Crippen molar-refractivity contribution in [3.8, 4) is 0 Å². The Morgan fingerprint density at radius 3 is 2.78 bits per heavy atom. The number of hydrogen-bond donors (Lipinski definition) is 2. The molecule has 23 heavy (non-hydrogen) atoms. The summed E-state index contributed by atoms with van der Waals surface area (Å²) in [6.45, 7) is 0. The fraction of sp³-hybridized carbons (Fsp3) is 0.111. The summed E-state index contributed by atoms with van der Waals surface area (Å²) in [5.74, 6) is -0.843. The first kappa shape index (κ1) is 13.8. The number of aliphatic hydroxyl groups is 1. The normalized spacial score (nSPS) is 19.7. The summed E-state index contributed by atoms with van der Waals surface area (Å²) >= 11 is 0. The summed E-state index contributed by atoms with van der Waals surface area (Å²) in [5.41, 5.74) is 0.498. The third-order valence-corrected chi connectivity index (χ3v) is 4.15. The minimum Gasteiger partial charge on any atom is -0.375 e. The number of hydrogen-bond acceptors (Lipinski definition) is 3. The third kappa shape index (κ3) is 2.17. The van der Waals surface area contributed by atoms with Gasteiger partial charge in [0.1, 0.15) is 5.82 Å². The van der Waals surface area contributed by atoms with Crippen molar-refractivity contribution in [1.29, 1.82) is 0 Å². The lowest BCUT2D eigenvalue weighted by Crippen LogP contribution is -2.36. The van der Waals surface area contributed by atoms with E-state index in [9.17, 15) is 14.3 Å². The lowest BCUT2D eigenvalue weighted by molar-refractivity contribution is -0.133. The van der Waals surface area contributed by atoms with Crippen LogP contribution in [0.4, 0.5) is 10.1 Å². The number of benzene rings is 2. The van der Waals surface area contributed by atoms with E-state index in [4.69, 9.17) is 0 Å². The fourth-order valence-corrected chi connectivity index (χ4v) is 2.97. The third-order valence-electron chi connectivity index (χ3n) is 4.15. The standard InChI is InChI=1S/C18H13FN2O2/c19-12-7-5-11-6-8-13(20-16(11)9-12)10-18(23)14-3-1-2-4-15(14)21-17(18)22/h1-9,23H,10H2,(H,21,22). The maximum Gasteiger partial charge on any atom is 0.261 e. The highest BCUT2D eigenvalue weighted by Crippen LogP contribution is 2.37. The van der Waals surface area contributed by atoms with E-state index >= 15 is 0 Å². The van der Waals surface area contributed by atoms with E-state index in [0.717, 1.165) is 5.39 Å².